The van der Waals surface area contributed by atoms with Crippen LogP contribution in [0.4, 0.5) is 10.1 Å². The molecule has 0 saturated carbocycles. The van der Waals surface area contributed by atoms with Crippen LogP contribution in [0.15, 0.2) is 34.8 Å². The fourth-order valence-corrected chi connectivity index (χ4v) is 2.26. The quantitative estimate of drug-likeness (QED) is 0.841. The summed E-state index contributed by atoms with van der Waals surface area (Å²) in [6, 6.07) is 8.19. The van der Waals surface area contributed by atoms with Crippen molar-refractivity contribution in [3.63, 3.8) is 0 Å². The van der Waals surface area contributed by atoms with E-state index >= 15 is 0 Å². The molecule has 0 aromatic heterocycles. The normalized spacial score (nSPS) is 10.4. The van der Waals surface area contributed by atoms with Crippen LogP contribution in [0.2, 0.25) is 0 Å². The lowest BCUT2D eigenvalue weighted by molar-refractivity contribution is 0.102. The minimum absolute atomic E-state index is 0.0585. The molecule has 2 aromatic carbocycles. The van der Waals surface area contributed by atoms with E-state index in [1.807, 2.05) is 32.9 Å². The predicted molar refractivity (Wildman–Crippen MR) is 82.7 cm³/mol. The Hall–Kier alpha value is -1.68. The van der Waals surface area contributed by atoms with Gasteiger partial charge in [0.25, 0.3) is 5.91 Å². The molecule has 0 atom stereocenters. The topological polar surface area (TPSA) is 29.1 Å². The van der Waals surface area contributed by atoms with Crippen molar-refractivity contribution in [2.24, 2.45) is 0 Å². The second-order valence-corrected chi connectivity index (χ2v) is 5.65. The van der Waals surface area contributed by atoms with Gasteiger partial charge in [0, 0.05) is 10.2 Å². The molecule has 2 nitrogen and oxygen atoms in total. The molecule has 2 rings (SSSR count). The van der Waals surface area contributed by atoms with Gasteiger partial charge in [0.15, 0.2) is 0 Å². The van der Waals surface area contributed by atoms with Crippen molar-refractivity contribution in [1.82, 2.24) is 0 Å². The van der Waals surface area contributed by atoms with Crippen molar-refractivity contribution in [1.29, 1.82) is 0 Å². The first-order valence-corrected chi connectivity index (χ1v) is 7.02. The molecule has 4 heteroatoms. The highest BCUT2D eigenvalue weighted by Crippen LogP contribution is 2.25. The summed E-state index contributed by atoms with van der Waals surface area (Å²) in [5.41, 5.74) is 3.60. The summed E-state index contributed by atoms with van der Waals surface area (Å²) in [7, 11) is 0. The number of rotatable bonds is 2. The third kappa shape index (κ3) is 3.07. The van der Waals surface area contributed by atoms with Gasteiger partial charge < -0.3 is 5.32 Å². The van der Waals surface area contributed by atoms with Crippen molar-refractivity contribution in [3.05, 3.63) is 62.9 Å². The van der Waals surface area contributed by atoms with Gasteiger partial charge in [0.1, 0.15) is 5.82 Å². The van der Waals surface area contributed by atoms with Gasteiger partial charge in [-0.15, -0.1) is 0 Å². The molecular weight excluding hydrogens is 321 g/mol. The summed E-state index contributed by atoms with van der Waals surface area (Å²) in [5, 5.41) is 2.74. The van der Waals surface area contributed by atoms with Gasteiger partial charge >= 0.3 is 0 Å². The monoisotopic (exact) mass is 335 g/mol. The van der Waals surface area contributed by atoms with E-state index in [2.05, 4.69) is 21.2 Å². The summed E-state index contributed by atoms with van der Waals surface area (Å²) in [4.78, 5) is 12.1. The number of benzene rings is 2. The first-order chi connectivity index (χ1) is 9.38. The molecule has 0 saturated heterocycles. The summed E-state index contributed by atoms with van der Waals surface area (Å²) >= 11 is 3.47. The van der Waals surface area contributed by atoms with E-state index in [9.17, 15) is 9.18 Å². The van der Waals surface area contributed by atoms with Gasteiger partial charge in [0.05, 0.1) is 5.56 Å². The molecule has 1 amide bonds. The lowest BCUT2D eigenvalue weighted by Crippen LogP contribution is -2.14. The number of carbonyl (C=O) groups excluding carboxylic acids is 1. The number of anilines is 1. The van der Waals surface area contributed by atoms with Crippen LogP contribution in [0.5, 0.6) is 0 Å². The third-order valence-electron chi connectivity index (χ3n) is 3.06. The Bertz CT molecular complexity index is 659. The fourth-order valence-electron chi connectivity index (χ4n) is 2.03. The molecule has 20 heavy (non-hydrogen) atoms. The number of hydrogen-bond donors (Lipinski definition) is 1. The van der Waals surface area contributed by atoms with E-state index < -0.39 is 11.7 Å². The van der Waals surface area contributed by atoms with Crippen molar-refractivity contribution in [2.75, 3.05) is 5.32 Å². The Balaban J connectivity index is 2.30. The average Bonchev–Trinajstić information content (AvgIpc) is 2.38. The van der Waals surface area contributed by atoms with Crippen LogP contribution < -0.4 is 5.32 Å². The molecular formula is C16H15BrFNO. The standard InChI is InChI=1S/C16H15BrFNO/c1-9-4-5-14(18)13(6-9)16(20)19-12-7-10(2)15(17)11(3)8-12/h4-8H,1-3H3,(H,19,20). The van der Waals surface area contributed by atoms with Crippen LogP contribution in [0.3, 0.4) is 0 Å². The maximum absolute atomic E-state index is 13.7. The maximum Gasteiger partial charge on any atom is 0.258 e. The van der Waals surface area contributed by atoms with E-state index in [1.54, 1.807) is 12.1 Å². The third-order valence-corrected chi connectivity index (χ3v) is 4.31. The zero-order chi connectivity index (χ0) is 14.9. The van der Waals surface area contributed by atoms with Gasteiger partial charge in [-0.3, -0.25) is 4.79 Å². The van der Waals surface area contributed by atoms with Crippen molar-refractivity contribution >= 4 is 27.5 Å². The van der Waals surface area contributed by atoms with Crippen LogP contribution in [0.25, 0.3) is 0 Å². The predicted octanol–water partition coefficient (Wildman–Crippen LogP) is 4.77. The molecule has 2 aromatic rings. The summed E-state index contributed by atoms with van der Waals surface area (Å²) in [5.74, 6) is -0.953. The number of halogens is 2. The Labute approximate surface area is 126 Å². The first kappa shape index (κ1) is 14.7. The highest BCUT2D eigenvalue weighted by Gasteiger charge is 2.13. The molecule has 0 spiro atoms. The minimum Gasteiger partial charge on any atom is -0.322 e. The highest BCUT2D eigenvalue weighted by molar-refractivity contribution is 9.10. The molecule has 104 valence electrons. The molecule has 0 aliphatic rings. The van der Waals surface area contributed by atoms with Gasteiger partial charge in [-0.1, -0.05) is 27.6 Å². The second-order valence-electron chi connectivity index (χ2n) is 4.86. The maximum atomic E-state index is 13.7. The van der Waals surface area contributed by atoms with Gasteiger partial charge in [-0.05, 0) is 56.2 Å². The Kier molecular flexibility index (Phi) is 4.23. The van der Waals surface area contributed by atoms with Crippen molar-refractivity contribution in [3.8, 4) is 0 Å². The number of amides is 1. The summed E-state index contributed by atoms with van der Waals surface area (Å²) in [6.07, 6.45) is 0. The van der Waals surface area contributed by atoms with Crippen LogP contribution in [-0.2, 0) is 0 Å². The largest absolute Gasteiger partial charge is 0.322 e. The van der Waals surface area contributed by atoms with E-state index in [0.717, 1.165) is 21.2 Å². The van der Waals surface area contributed by atoms with E-state index in [4.69, 9.17) is 0 Å². The number of aryl methyl sites for hydroxylation is 3. The van der Waals surface area contributed by atoms with Gasteiger partial charge in [-0.2, -0.15) is 0 Å². The van der Waals surface area contributed by atoms with Crippen LogP contribution >= 0.6 is 15.9 Å². The van der Waals surface area contributed by atoms with Crippen molar-refractivity contribution in [2.45, 2.75) is 20.8 Å². The average molecular weight is 336 g/mol. The Morgan fingerprint density at radius 1 is 1.10 bits per heavy atom. The summed E-state index contributed by atoms with van der Waals surface area (Å²) in [6.45, 7) is 5.71. The lowest BCUT2D eigenvalue weighted by atomic mass is 10.1. The first-order valence-electron chi connectivity index (χ1n) is 6.22. The zero-order valence-corrected chi connectivity index (χ0v) is 13.1. The second kappa shape index (κ2) is 5.75. The van der Waals surface area contributed by atoms with Crippen LogP contribution in [0, 0.1) is 26.6 Å². The summed E-state index contributed by atoms with van der Waals surface area (Å²) < 4.78 is 14.7. The van der Waals surface area contributed by atoms with Gasteiger partial charge in [0.2, 0.25) is 0 Å². The van der Waals surface area contributed by atoms with E-state index in [0.29, 0.717) is 5.69 Å². The Morgan fingerprint density at radius 2 is 1.70 bits per heavy atom. The van der Waals surface area contributed by atoms with Gasteiger partial charge in [-0.25, -0.2) is 4.39 Å². The van der Waals surface area contributed by atoms with Crippen LogP contribution in [0.1, 0.15) is 27.0 Å². The molecule has 0 aliphatic carbocycles. The zero-order valence-electron chi connectivity index (χ0n) is 11.6. The molecule has 0 bridgehead atoms. The number of hydrogen-bond acceptors (Lipinski definition) is 1. The molecule has 0 radical (unpaired) electrons. The highest BCUT2D eigenvalue weighted by atomic mass is 79.9. The lowest BCUT2D eigenvalue weighted by Gasteiger charge is -2.10. The van der Waals surface area contributed by atoms with Crippen LogP contribution in [-0.4, -0.2) is 5.91 Å². The van der Waals surface area contributed by atoms with Crippen molar-refractivity contribution < 1.29 is 9.18 Å². The molecule has 0 heterocycles. The Morgan fingerprint density at radius 3 is 2.30 bits per heavy atom. The SMILES string of the molecule is Cc1ccc(F)c(C(=O)Nc2cc(C)c(Br)c(C)c2)c1. The smallest absolute Gasteiger partial charge is 0.258 e. The fraction of sp³-hybridized carbons (Fsp3) is 0.188. The number of carbonyl (C=O) groups is 1. The molecule has 1 N–H and O–H groups in total. The minimum atomic E-state index is -0.515. The van der Waals surface area contributed by atoms with E-state index in [-0.39, 0.29) is 5.56 Å². The van der Waals surface area contributed by atoms with E-state index in [1.165, 1.54) is 6.07 Å². The molecule has 0 unspecified atom stereocenters. The molecule has 0 fully saturated rings. The number of nitrogens with one attached hydrogen (secondary N) is 1. The molecule has 0 aliphatic heterocycles.